The summed E-state index contributed by atoms with van der Waals surface area (Å²) in [4.78, 5) is 16.5. The molecule has 2 aromatic carbocycles. The van der Waals surface area contributed by atoms with Gasteiger partial charge in [0.2, 0.25) is 11.7 Å². The van der Waals surface area contributed by atoms with Gasteiger partial charge < -0.3 is 14.6 Å². The zero-order valence-electron chi connectivity index (χ0n) is 15.5. The zero-order chi connectivity index (χ0) is 20.8. The van der Waals surface area contributed by atoms with E-state index in [4.69, 9.17) is 44.1 Å². The topological polar surface area (TPSA) is 77.2 Å². The summed E-state index contributed by atoms with van der Waals surface area (Å²) in [5.74, 6) is 1.26. The van der Waals surface area contributed by atoms with Crippen LogP contribution in [0.5, 0.6) is 5.75 Å². The number of rotatable bonds is 8. The Kier molecular flexibility index (Phi) is 7.36. The third kappa shape index (κ3) is 5.85. The average Bonchev–Trinajstić information content (AvgIpc) is 3.17. The van der Waals surface area contributed by atoms with Gasteiger partial charge in [-0.15, -0.1) is 0 Å². The molecule has 1 heterocycles. The molecule has 0 saturated heterocycles. The first-order chi connectivity index (χ1) is 14.0. The van der Waals surface area contributed by atoms with Gasteiger partial charge in [0.05, 0.1) is 15.7 Å². The fourth-order valence-electron chi connectivity index (χ4n) is 2.49. The second-order valence-electron chi connectivity index (χ2n) is 6.22. The Labute approximate surface area is 183 Å². The predicted octanol–water partition coefficient (Wildman–Crippen LogP) is 6.06. The highest BCUT2D eigenvalue weighted by Crippen LogP contribution is 2.33. The van der Waals surface area contributed by atoms with Crippen molar-refractivity contribution in [1.29, 1.82) is 0 Å². The largest absolute Gasteiger partial charge is 0.484 e. The number of hydrogen-bond donors (Lipinski definition) is 1. The Balaban J connectivity index is 1.56. The van der Waals surface area contributed by atoms with E-state index in [1.54, 1.807) is 24.3 Å². The van der Waals surface area contributed by atoms with Crippen molar-refractivity contribution >= 4 is 46.4 Å². The fraction of sp³-hybridized carbons (Fsp3) is 0.250. The summed E-state index contributed by atoms with van der Waals surface area (Å²) >= 11 is 18.0. The van der Waals surface area contributed by atoms with Crippen LogP contribution in [0.3, 0.4) is 0 Å². The van der Waals surface area contributed by atoms with E-state index < -0.39 is 5.91 Å². The first kappa shape index (κ1) is 21.4. The maximum atomic E-state index is 12.1. The lowest BCUT2D eigenvalue weighted by Crippen LogP contribution is -2.20. The standard InChI is InChI=1S/C20H18Cl3N3O3/c1-2-3-4-18-25-20(26-29-18)12-5-7-14(8-6-12)28-11-17(27)24-19-15(22)9-13(21)10-16(19)23/h5-10H,2-4,11H2,1H3,(H,24,27). The molecule has 3 aromatic rings. The molecule has 0 radical (unpaired) electrons. The van der Waals surface area contributed by atoms with Crippen LogP contribution in [0.15, 0.2) is 40.9 Å². The van der Waals surface area contributed by atoms with E-state index in [1.165, 1.54) is 12.1 Å². The van der Waals surface area contributed by atoms with Crippen LogP contribution in [-0.2, 0) is 11.2 Å². The van der Waals surface area contributed by atoms with Crippen molar-refractivity contribution in [3.63, 3.8) is 0 Å². The molecule has 0 bridgehead atoms. The van der Waals surface area contributed by atoms with Crippen LogP contribution >= 0.6 is 34.8 Å². The summed E-state index contributed by atoms with van der Waals surface area (Å²) in [6.45, 7) is 1.90. The Bertz CT molecular complexity index is 967. The molecule has 152 valence electrons. The molecule has 0 aliphatic heterocycles. The number of hydrogen-bond acceptors (Lipinski definition) is 5. The highest BCUT2D eigenvalue weighted by atomic mass is 35.5. The molecule has 0 saturated carbocycles. The third-order valence-corrected chi connectivity index (χ3v) is 4.78. The van der Waals surface area contributed by atoms with Crippen LogP contribution in [0.2, 0.25) is 15.1 Å². The number of aryl methyl sites for hydroxylation is 1. The van der Waals surface area contributed by atoms with E-state index in [9.17, 15) is 4.79 Å². The molecule has 1 N–H and O–H groups in total. The molecule has 0 spiro atoms. The van der Waals surface area contributed by atoms with Gasteiger partial charge in [-0.2, -0.15) is 4.98 Å². The number of carbonyl (C=O) groups excluding carboxylic acids is 1. The normalized spacial score (nSPS) is 10.8. The lowest BCUT2D eigenvalue weighted by molar-refractivity contribution is -0.118. The van der Waals surface area contributed by atoms with Crippen LogP contribution in [-0.4, -0.2) is 22.7 Å². The van der Waals surface area contributed by atoms with Gasteiger partial charge in [0, 0.05) is 17.0 Å². The van der Waals surface area contributed by atoms with Crippen LogP contribution < -0.4 is 10.1 Å². The minimum Gasteiger partial charge on any atom is -0.484 e. The minimum absolute atomic E-state index is 0.210. The predicted molar refractivity (Wildman–Crippen MR) is 114 cm³/mol. The van der Waals surface area contributed by atoms with Crippen molar-refractivity contribution in [2.75, 3.05) is 11.9 Å². The average molecular weight is 455 g/mol. The molecule has 3 rings (SSSR count). The SMILES string of the molecule is CCCCc1nc(-c2ccc(OCC(=O)Nc3c(Cl)cc(Cl)cc3Cl)cc2)no1. The number of carbonyl (C=O) groups is 1. The van der Waals surface area contributed by atoms with Gasteiger partial charge in [0.25, 0.3) is 5.91 Å². The van der Waals surface area contributed by atoms with Gasteiger partial charge >= 0.3 is 0 Å². The Morgan fingerprint density at radius 3 is 2.48 bits per heavy atom. The van der Waals surface area contributed by atoms with Crippen molar-refractivity contribution in [1.82, 2.24) is 10.1 Å². The van der Waals surface area contributed by atoms with Crippen molar-refractivity contribution < 1.29 is 14.1 Å². The molecule has 0 aliphatic rings. The number of aromatic nitrogens is 2. The van der Waals surface area contributed by atoms with Crippen molar-refractivity contribution in [2.24, 2.45) is 0 Å². The van der Waals surface area contributed by atoms with Gasteiger partial charge in [-0.25, -0.2) is 0 Å². The highest BCUT2D eigenvalue weighted by Gasteiger charge is 2.12. The number of anilines is 1. The van der Waals surface area contributed by atoms with Gasteiger partial charge in [0.1, 0.15) is 5.75 Å². The van der Waals surface area contributed by atoms with E-state index in [-0.39, 0.29) is 22.3 Å². The first-order valence-corrected chi connectivity index (χ1v) is 10.1. The Hall–Kier alpha value is -2.28. The Morgan fingerprint density at radius 2 is 1.83 bits per heavy atom. The first-order valence-electron chi connectivity index (χ1n) is 8.96. The highest BCUT2D eigenvalue weighted by molar-refractivity contribution is 6.42. The van der Waals surface area contributed by atoms with Gasteiger partial charge in [-0.3, -0.25) is 4.79 Å². The van der Waals surface area contributed by atoms with Gasteiger partial charge in [-0.05, 0) is 42.8 Å². The number of nitrogens with one attached hydrogen (secondary N) is 1. The molecule has 0 unspecified atom stereocenters. The summed E-state index contributed by atoms with van der Waals surface area (Å²) in [5, 5.41) is 7.48. The number of benzene rings is 2. The smallest absolute Gasteiger partial charge is 0.262 e. The fourth-order valence-corrected chi connectivity index (χ4v) is 3.40. The number of ether oxygens (including phenoxy) is 1. The van der Waals surface area contributed by atoms with E-state index in [2.05, 4.69) is 22.4 Å². The number of unbranched alkanes of at least 4 members (excludes halogenated alkanes) is 1. The summed E-state index contributed by atoms with van der Waals surface area (Å²) in [7, 11) is 0. The lowest BCUT2D eigenvalue weighted by atomic mass is 10.2. The van der Waals surface area contributed by atoms with Crippen molar-refractivity contribution in [3.05, 3.63) is 57.4 Å². The maximum Gasteiger partial charge on any atom is 0.262 e. The summed E-state index contributed by atoms with van der Waals surface area (Å²) < 4.78 is 10.7. The third-order valence-electron chi connectivity index (χ3n) is 3.97. The summed E-state index contributed by atoms with van der Waals surface area (Å²) in [6, 6.07) is 10.1. The molecule has 6 nitrogen and oxygen atoms in total. The van der Waals surface area contributed by atoms with Crippen LogP contribution in [0.1, 0.15) is 25.7 Å². The molecule has 9 heteroatoms. The molecule has 29 heavy (non-hydrogen) atoms. The molecule has 0 fully saturated rings. The molecule has 1 aromatic heterocycles. The van der Waals surface area contributed by atoms with Gasteiger partial charge in [-0.1, -0.05) is 53.3 Å². The van der Waals surface area contributed by atoms with Crippen LogP contribution in [0.4, 0.5) is 5.69 Å². The lowest BCUT2D eigenvalue weighted by Gasteiger charge is -2.11. The minimum atomic E-state index is -0.404. The second kappa shape index (κ2) is 9.96. The summed E-state index contributed by atoms with van der Waals surface area (Å²) in [6.07, 6.45) is 2.83. The monoisotopic (exact) mass is 453 g/mol. The van der Waals surface area contributed by atoms with E-state index in [1.807, 2.05) is 0 Å². The number of halogens is 3. The zero-order valence-corrected chi connectivity index (χ0v) is 17.8. The van der Waals surface area contributed by atoms with E-state index >= 15 is 0 Å². The molecule has 0 aliphatic carbocycles. The summed E-state index contributed by atoms with van der Waals surface area (Å²) in [5.41, 5.74) is 1.09. The van der Waals surface area contributed by atoms with Gasteiger partial charge in [0.15, 0.2) is 6.61 Å². The van der Waals surface area contributed by atoms with Crippen molar-refractivity contribution in [3.8, 4) is 17.1 Å². The van der Waals surface area contributed by atoms with Crippen molar-refractivity contribution in [2.45, 2.75) is 26.2 Å². The number of amides is 1. The van der Waals surface area contributed by atoms with Crippen LogP contribution in [0.25, 0.3) is 11.4 Å². The maximum absolute atomic E-state index is 12.1. The van der Waals surface area contributed by atoms with E-state index in [0.717, 1.165) is 24.8 Å². The molecule has 0 atom stereocenters. The molecule has 1 amide bonds. The van der Waals surface area contributed by atoms with E-state index in [0.29, 0.717) is 22.5 Å². The second-order valence-corrected chi connectivity index (χ2v) is 7.47. The molecular weight excluding hydrogens is 437 g/mol. The number of nitrogens with zero attached hydrogens (tertiary/aromatic N) is 2. The Morgan fingerprint density at radius 1 is 1.14 bits per heavy atom. The molecular formula is C20H18Cl3N3O3. The quantitative estimate of drug-likeness (QED) is 0.448. The van der Waals surface area contributed by atoms with Crippen LogP contribution in [0, 0.1) is 0 Å².